The van der Waals surface area contributed by atoms with Gasteiger partial charge in [0.15, 0.2) is 0 Å². The largest absolute Gasteiger partial charge is 0.481 e. The van der Waals surface area contributed by atoms with Crippen LogP contribution in [0, 0.1) is 5.41 Å². The topological polar surface area (TPSA) is 137 Å². The monoisotopic (exact) mass is 836 g/mol. The number of hydrogen-bond acceptors (Lipinski definition) is 8. The summed E-state index contributed by atoms with van der Waals surface area (Å²) in [5.41, 5.74) is 17.7. The highest BCUT2D eigenvalue weighted by Crippen LogP contribution is 2.58. The third-order valence-electron chi connectivity index (χ3n) is 12.8. The van der Waals surface area contributed by atoms with Crippen LogP contribution in [0.1, 0.15) is 93.3 Å². The summed E-state index contributed by atoms with van der Waals surface area (Å²) in [5, 5.41) is 22.7. The summed E-state index contributed by atoms with van der Waals surface area (Å²) >= 11 is 0. The van der Waals surface area contributed by atoms with Crippen LogP contribution in [-0.4, -0.2) is 66.2 Å². The Morgan fingerprint density at radius 1 is 0.823 bits per heavy atom. The Kier molecular flexibility index (Phi) is 12.8. The number of nitrogens with zero attached hydrogens (tertiary/aromatic N) is 3. The number of anilines is 5. The number of hydrazine groups is 1. The second kappa shape index (κ2) is 18.2. The molecule has 0 spiro atoms. The lowest BCUT2D eigenvalue weighted by atomic mass is 9.71. The lowest BCUT2D eigenvalue weighted by Gasteiger charge is -2.33. The first-order chi connectivity index (χ1) is 29.7. The SMILES string of the molecule is CCCCC1(C)C2=C(CCc3ccccc32)N(CCC(=O)O)/C1=C/C=C/C1N(CCC(=O)O)c2ccc(C(=O)Nc3ccc(NNc4ccc(N(C)C)cc4)cc3)cc2C1(C)C. The van der Waals surface area contributed by atoms with Gasteiger partial charge in [-0.2, -0.15) is 0 Å². The van der Waals surface area contributed by atoms with Gasteiger partial charge in [-0.3, -0.25) is 14.4 Å². The van der Waals surface area contributed by atoms with E-state index in [2.05, 4.69) is 96.2 Å². The Labute approximate surface area is 365 Å². The Hall–Kier alpha value is -6.49. The molecule has 1 amide bonds. The molecule has 4 aromatic carbocycles. The van der Waals surface area contributed by atoms with Gasteiger partial charge in [0.2, 0.25) is 0 Å². The van der Waals surface area contributed by atoms with Gasteiger partial charge in [-0.05, 0) is 121 Å². The number of carboxylic acids is 2. The van der Waals surface area contributed by atoms with Crippen LogP contribution < -0.4 is 26.0 Å². The highest BCUT2D eigenvalue weighted by molar-refractivity contribution is 6.05. The maximum Gasteiger partial charge on any atom is 0.305 e. The smallest absolute Gasteiger partial charge is 0.305 e. The molecule has 0 radical (unpaired) electrons. The predicted molar refractivity (Wildman–Crippen MR) is 251 cm³/mol. The van der Waals surface area contributed by atoms with E-state index >= 15 is 0 Å². The molecule has 1 aliphatic carbocycles. The van der Waals surface area contributed by atoms with Gasteiger partial charge in [-0.1, -0.05) is 70.0 Å². The summed E-state index contributed by atoms with van der Waals surface area (Å²) in [6.45, 7) is 9.49. The fraction of sp³-hybridized carbons (Fsp3) is 0.353. The Bertz CT molecular complexity index is 2400. The number of allylic oxidation sites excluding steroid dienone is 4. The van der Waals surface area contributed by atoms with Gasteiger partial charge in [0.25, 0.3) is 5.91 Å². The third kappa shape index (κ3) is 8.93. The van der Waals surface area contributed by atoms with E-state index in [0.717, 1.165) is 66.1 Å². The Morgan fingerprint density at radius 3 is 2.13 bits per heavy atom. The van der Waals surface area contributed by atoms with Crippen molar-refractivity contribution in [3.05, 3.63) is 143 Å². The molecule has 324 valence electrons. The molecular weight excluding hydrogens is 777 g/mol. The van der Waals surface area contributed by atoms with Crippen LogP contribution >= 0.6 is 0 Å². The van der Waals surface area contributed by atoms with Gasteiger partial charge in [-0.25, -0.2) is 0 Å². The van der Waals surface area contributed by atoms with Crippen LogP contribution in [0.25, 0.3) is 5.57 Å². The molecule has 0 bridgehead atoms. The van der Waals surface area contributed by atoms with Crippen LogP contribution in [-0.2, 0) is 21.4 Å². The van der Waals surface area contributed by atoms with E-state index in [0.29, 0.717) is 24.3 Å². The minimum absolute atomic E-state index is 0.0280. The average molecular weight is 837 g/mol. The van der Waals surface area contributed by atoms with Crippen molar-refractivity contribution >= 4 is 51.9 Å². The first-order valence-corrected chi connectivity index (χ1v) is 21.7. The number of hydrogen-bond donors (Lipinski definition) is 5. The summed E-state index contributed by atoms with van der Waals surface area (Å²) in [6, 6.07) is 29.6. The molecule has 5 N–H and O–H groups in total. The molecule has 4 aromatic rings. The van der Waals surface area contributed by atoms with Gasteiger partial charge < -0.3 is 41.1 Å². The number of carbonyl (C=O) groups is 3. The van der Waals surface area contributed by atoms with Crippen molar-refractivity contribution in [2.75, 3.05) is 53.2 Å². The van der Waals surface area contributed by atoms with Crippen molar-refractivity contribution in [1.29, 1.82) is 0 Å². The van der Waals surface area contributed by atoms with Crippen LogP contribution in [0.5, 0.6) is 0 Å². The predicted octanol–water partition coefficient (Wildman–Crippen LogP) is 10.2. The number of aliphatic carboxylic acids is 2. The minimum Gasteiger partial charge on any atom is -0.481 e. The lowest BCUT2D eigenvalue weighted by molar-refractivity contribution is -0.138. The van der Waals surface area contributed by atoms with E-state index in [1.807, 2.05) is 79.7 Å². The van der Waals surface area contributed by atoms with E-state index in [-0.39, 0.29) is 30.2 Å². The van der Waals surface area contributed by atoms with Gasteiger partial charge in [-0.15, -0.1) is 0 Å². The molecule has 2 unspecified atom stereocenters. The fourth-order valence-corrected chi connectivity index (χ4v) is 9.53. The standard InChI is InChI=1S/C51H60N6O5/c1-7-8-30-51(4)45(57(32-29-47(60)61)43-27-16-34-12-9-10-13-40(34)48(43)51)15-11-14-44-50(2,3)41-33-35(17-26-42(41)56(44)31-28-46(58)59)49(62)52-36-18-20-37(21-19-36)53-54-38-22-24-39(25-23-38)55(5)6/h9-15,17-26,33,44,53-54H,7-8,16,27-32H2,1-6H3,(H,52,62)(H,58,59)(H,60,61)/b14-11+,45-15+. The van der Waals surface area contributed by atoms with Crippen molar-refractivity contribution in [2.45, 2.75) is 84.1 Å². The fourth-order valence-electron chi connectivity index (χ4n) is 9.53. The van der Waals surface area contributed by atoms with E-state index in [1.54, 1.807) is 6.07 Å². The first kappa shape index (κ1) is 43.6. The van der Waals surface area contributed by atoms with Gasteiger partial charge in [0.05, 0.1) is 30.3 Å². The quantitative estimate of drug-likeness (QED) is 0.0654. The number of unbranched alkanes of at least 4 members (excludes halogenated alkanes) is 1. The van der Waals surface area contributed by atoms with Crippen LogP contribution in [0.4, 0.5) is 28.4 Å². The first-order valence-electron chi connectivity index (χ1n) is 21.7. The highest BCUT2D eigenvalue weighted by atomic mass is 16.4. The van der Waals surface area contributed by atoms with Crippen molar-refractivity contribution in [3.63, 3.8) is 0 Å². The normalized spacial score (nSPS) is 19.3. The summed E-state index contributed by atoms with van der Waals surface area (Å²) in [5.74, 6) is -1.94. The van der Waals surface area contributed by atoms with E-state index in [1.165, 1.54) is 22.4 Å². The van der Waals surface area contributed by atoms with E-state index < -0.39 is 17.4 Å². The number of nitrogens with one attached hydrogen (secondary N) is 3. The molecule has 2 atom stereocenters. The number of amides is 1. The van der Waals surface area contributed by atoms with E-state index in [4.69, 9.17) is 0 Å². The molecule has 62 heavy (non-hydrogen) atoms. The minimum atomic E-state index is -0.878. The molecule has 0 saturated carbocycles. The molecular formula is C51H60N6O5. The molecule has 2 aliphatic heterocycles. The summed E-state index contributed by atoms with van der Waals surface area (Å²) < 4.78 is 0. The zero-order valence-corrected chi connectivity index (χ0v) is 36.8. The van der Waals surface area contributed by atoms with Crippen molar-refractivity contribution < 1.29 is 24.6 Å². The number of fused-ring (bicyclic) bond motifs is 3. The zero-order valence-electron chi connectivity index (χ0n) is 36.8. The van der Waals surface area contributed by atoms with Crippen LogP contribution in [0.3, 0.4) is 0 Å². The number of aryl methyl sites for hydroxylation is 1. The number of carbonyl (C=O) groups excluding carboxylic acids is 1. The van der Waals surface area contributed by atoms with Crippen molar-refractivity contribution in [2.24, 2.45) is 5.41 Å². The Balaban J connectivity index is 1.13. The van der Waals surface area contributed by atoms with Gasteiger partial charge in [0.1, 0.15) is 0 Å². The molecule has 2 heterocycles. The molecule has 11 heteroatoms. The molecule has 0 fully saturated rings. The molecule has 7 rings (SSSR count). The average Bonchev–Trinajstić information content (AvgIpc) is 3.62. The van der Waals surface area contributed by atoms with Gasteiger partial charge >= 0.3 is 11.9 Å². The second-order valence-electron chi connectivity index (χ2n) is 17.6. The number of carboxylic acid groups (broad SMARTS) is 2. The Morgan fingerprint density at radius 2 is 1.47 bits per heavy atom. The van der Waals surface area contributed by atoms with Crippen molar-refractivity contribution in [3.8, 4) is 0 Å². The zero-order chi connectivity index (χ0) is 44.2. The van der Waals surface area contributed by atoms with Crippen LogP contribution in [0.15, 0.2) is 121 Å². The van der Waals surface area contributed by atoms with Gasteiger partial charge in [0, 0.05) is 72.0 Å². The molecule has 3 aliphatic rings. The van der Waals surface area contributed by atoms with E-state index in [9.17, 15) is 24.6 Å². The molecule has 0 aromatic heterocycles. The summed E-state index contributed by atoms with van der Waals surface area (Å²) in [6.07, 6.45) is 11.2. The molecule has 0 saturated heterocycles. The maximum atomic E-state index is 13.7. The van der Waals surface area contributed by atoms with Crippen molar-refractivity contribution in [1.82, 2.24) is 4.90 Å². The molecule has 11 nitrogen and oxygen atoms in total. The van der Waals surface area contributed by atoms with Crippen LogP contribution in [0.2, 0.25) is 0 Å². The summed E-state index contributed by atoms with van der Waals surface area (Å²) in [4.78, 5) is 44.1. The maximum absolute atomic E-state index is 13.7. The highest BCUT2D eigenvalue weighted by Gasteiger charge is 2.47. The summed E-state index contributed by atoms with van der Waals surface area (Å²) in [7, 11) is 4.01. The number of rotatable bonds is 17. The number of benzene rings is 4. The lowest BCUT2D eigenvalue weighted by Crippen LogP contribution is -2.41. The third-order valence-corrected chi connectivity index (χ3v) is 12.8. The second-order valence-corrected chi connectivity index (χ2v) is 17.6.